The smallest absolute Gasteiger partial charge is 0.273 e. The minimum atomic E-state index is -0.757. The van der Waals surface area contributed by atoms with Crippen LogP contribution in [-0.4, -0.2) is 31.4 Å². The lowest BCUT2D eigenvalue weighted by atomic mass is 10.1. The molecule has 23 heavy (non-hydrogen) atoms. The molecule has 2 aromatic carbocycles. The van der Waals surface area contributed by atoms with Crippen molar-refractivity contribution in [3.63, 3.8) is 0 Å². The van der Waals surface area contributed by atoms with Crippen LogP contribution in [0.25, 0.3) is 0 Å². The number of phenolic OH excluding ortho intramolecular Hbond substituents is 1. The van der Waals surface area contributed by atoms with Gasteiger partial charge in [0.25, 0.3) is 5.91 Å². The number of nitrogens with one attached hydrogen (secondary N) is 1. The van der Waals surface area contributed by atoms with E-state index >= 15 is 0 Å². The minimum absolute atomic E-state index is 0.0423. The number of aromatic hydroxyl groups is 1. The molecule has 0 aliphatic rings. The number of amides is 1. The van der Waals surface area contributed by atoms with E-state index in [0.29, 0.717) is 11.3 Å². The molecule has 0 spiro atoms. The van der Waals surface area contributed by atoms with E-state index in [9.17, 15) is 9.90 Å². The number of hydrazone groups is 1. The second kappa shape index (κ2) is 7.95. The van der Waals surface area contributed by atoms with Crippen LogP contribution in [0.5, 0.6) is 11.5 Å². The van der Waals surface area contributed by atoms with Crippen molar-refractivity contribution in [2.75, 3.05) is 14.2 Å². The summed E-state index contributed by atoms with van der Waals surface area (Å²) >= 11 is 0. The van der Waals surface area contributed by atoms with Crippen LogP contribution in [0.15, 0.2) is 53.6 Å². The number of carbonyl (C=O) groups is 1. The molecule has 6 nitrogen and oxygen atoms in total. The fourth-order valence-electron chi connectivity index (χ4n) is 2.05. The molecule has 0 bridgehead atoms. The second-order valence-electron chi connectivity index (χ2n) is 4.66. The molecular weight excluding hydrogens is 296 g/mol. The Labute approximate surface area is 134 Å². The number of ether oxygens (including phenoxy) is 2. The van der Waals surface area contributed by atoms with Crippen LogP contribution < -0.4 is 10.2 Å². The van der Waals surface area contributed by atoms with E-state index in [2.05, 4.69) is 10.5 Å². The Morgan fingerprint density at radius 1 is 1.17 bits per heavy atom. The van der Waals surface area contributed by atoms with Gasteiger partial charge in [0.2, 0.25) is 0 Å². The van der Waals surface area contributed by atoms with Crippen molar-refractivity contribution in [2.45, 2.75) is 6.10 Å². The summed E-state index contributed by atoms with van der Waals surface area (Å²) in [4.78, 5) is 12.1. The lowest BCUT2D eigenvalue weighted by Crippen LogP contribution is -2.26. The third-order valence-corrected chi connectivity index (χ3v) is 3.20. The zero-order valence-electron chi connectivity index (χ0n) is 12.9. The molecule has 0 fully saturated rings. The molecule has 2 aromatic rings. The van der Waals surface area contributed by atoms with Gasteiger partial charge in [-0.05, 0) is 17.7 Å². The van der Waals surface area contributed by atoms with Gasteiger partial charge in [-0.2, -0.15) is 5.10 Å². The Morgan fingerprint density at radius 2 is 1.91 bits per heavy atom. The predicted octanol–water partition coefficient (Wildman–Crippen LogP) is 2.24. The molecule has 0 aliphatic carbocycles. The number of hydrogen-bond donors (Lipinski definition) is 2. The average Bonchev–Trinajstić information content (AvgIpc) is 2.58. The zero-order valence-corrected chi connectivity index (χ0v) is 12.9. The first-order valence-electron chi connectivity index (χ1n) is 6.94. The monoisotopic (exact) mass is 314 g/mol. The molecule has 1 amide bonds. The number of methoxy groups -OCH3 is 2. The van der Waals surface area contributed by atoms with Gasteiger partial charge in [0.1, 0.15) is 0 Å². The molecule has 0 heterocycles. The summed E-state index contributed by atoms with van der Waals surface area (Å²) in [5.74, 6) is -0.115. The second-order valence-corrected chi connectivity index (χ2v) is 4.66. The third kappa shape index (κ3) is 4.08. The van der Waals surface area contributed by atoms with Gasteiger partial charge in [-0.15, -0.1) is 0 Å². The molecule has 0 saturated carbocycles. The highest BCUT2D eigenvalue weighted by molar-refractivity contribution is 5.87. The zero-order chi connectivity index (χ0) is 16.7. The number of carbonyl (C=O) groups excluding carboxylic acids is 1. The number of nitrogens with zero attached hydrogens (tertiary/aromatic N) is 1. The Morgan fingerprint density at radius 3 is 2.57 bits per heavy atom. The van der Waals surface area contributed by atoms with Gasteiger partial charge in [0.15, 0.2) is 17.6 Å². The first kappa shape index (κ1) is 16.5. The van der Waals surface area contributed by atoms with E-state index in [1.807, 2.05) is 18.2 Å². The number of rotatable bonds is 6. The van der Waals surface area contributed by atoms with Crippen molar-refractivity contribution in [1.29, 1.82) is 0 Å². The molecule has 0 unspecified atom stereocenters. The Kier molecular flexibility index (Phi) is 5.71. The van der Waals surface area contributed by atoms with Crippen molar-refractivity contribution >= 4 is 12.1 Å². The van der Waals surface area contributed by atoms with Gasteiger partial charge in [0.05, 0.1) is 13.3 Å². The van der Waals surface area contributed by atoms with Gasteiger partial charge in [0, 0.05) is 12.7 Å². The van der Waals surface area contributed by atoms with E-state index in [4.69, 9.17) is 9.47 Å². The Balaban J connectivity index is 2.06. The molecule has 2 rings (SSSR count). The molecule has 0 aromatic heterocycles. The SMILES string of the molecule is COc1cccc(/C=N/NC(=O)[C@@H](OC)c2ccccc2)c1O. The van der Waals surface area contributed by atoms with Gasteiger partial charge < -0.3 is 14.6 Å². The Bertz CT molecular complexity index is 686. The van der Waals surface area contributed by atoms with Crippen LogP contribution in [-0.2, 0) is 9.53 Å². The topological polar surface area (TPSA) is 80.2 Å². The maximum absolute atomic E-state index is 12.1. The third-order valence-electron chi connectivity index (χ3n) is 3.20. The van der Waals surface area contributed by atoms with E-state index < -0.39 is 12.0 Å². The van der Waals surface area contributed by atoms with Crippen molar-refractivity contribution in [3.8, 4) is 11.5 Å². The standard InChI is InChI=1S/C17H18N2O4/c1-22-14-10-6-9-13(15(14)20)11-18-19-17(21)16(23-2)12-7-4-3-5-8-12/h3-11,16,20H,1-2H3,(H,19,21)/b18-11+/t16-/m0/s1. The molecule has 1 atom stereocenters. The first-order chi connectivity index (χ1) is 11.2. The van der Waals surface area contributed by atoms with Gasteiger partial charge in [-0.3, -0.25) is 4.79 Å². The number of benzene rings is 2. The highest BCUT2D eigenvalue weighted by Gasteiger charge is 2.19. The van der Waals surface area contributed by atoms with Crippen LogP contribution in [0.1, 0.15) is 17.2 Å². The fourth-order valence-corrected chi connectivity index (χ4v) is 2.05. The summed E-state index contributed by atoms with van der Waals surface area (Å²) < 4.78 is 10.2. The summed E-state index contributed by atoms with van der Waals surface area (Å²) in [7, 11) is 2.91. The Hall–Kier alpha value is -2.86. The molecular formula is C17H18N2O4. The van der Waals surface area contributed by atoms with E-state index in [-0.39, 0.29) is 5.75 Å². The van der Waals surface area contributed by atoms with Crippen molar-refractivity contribution in [3.05, 3.63) is 59.7 Å². The number of phenols is 1. The van der Waals surface area contributed by atoms with E-state index in [1.165, 1.54) is 20.4 Å². The molecule has 120 valence electrons. The lowest BCUT2D eigenvalue weighted by molar-refractivity contribution is -0.131. The van der Waals surface area contributed by atoms with Gasteiger partial charge in [-0.1, -0.05) is 36.4 Å². The molecule has 6 heteroatoms. The molecule has 0 aliphatic heterocycles. The first-order valence-corrected chi connectivity index (χ1v) is 6.94. The molecule has 2 N–H and O–H groups in total. The molecule has 0 saturated heterocycles. The van der Waals surface area contributed by atoms with Gasteiger partial charge in [-0.25, -0.2) is 5.43 Å². The van der Waals surface area contributed by atoms with Crippen LogP contribution in [0.3, 0.4) is 0 Å². The quantitative estimate of drug-likeness (QED) is 0.633. The average molecular weight is 314 g/mol. The van der Waals surface area contributed by atoms with Crippen molar-refractivity contribution < 1.29 is 19.4 Å². The van der Waals surface area contributed by atoms with Crippen LogP contribution in [0, 0.1) is 0 Å². The highest BCUT2D eigenvalue weighted by Crippen LogP contribution is 2.27. The van der Waals surface area contributed by atoms with Crippen LogP contribution in [0.2, 0.25) is 0 Å². The predicted molar refractivity (Wildman–Crippen MR) is 86.6 cm³/mol. The minimum Gasteiger partial charge on any atom is -0.504 e. The fraction of sp³-hybridized carbons (Fsp3) is 0.176. The summed E-state index contributed by atoms with van der Waals surface area (Å²) in [6.45, 7) is 0. The van der Waals surface area contributed by atoms with Crippen LogP contribution in [0.4, 0.5) is 0 Å². The number of hydrogen-bond acceptors (Lipinski definition) is 5. The van der Waals surface area contributed by atoms with Gasteiger partial charge >= 0.3 is 0 Å². The largest absolute Gasteiger partial charge is 0.504 e. The maximum atomic E-state index is 12.1. The summed E-state index contributed by atoms with van der Waals surface area (Å²) in [5.41, 5.74) is 3.56. The van der Waals surface area contributed by atoms with Crippen molar-refractivity contribution in [2.24, 2.45) is 5.10 Å². The lowest BCUT2D eigenvalue weighted by Gasteiger charge is -2.13. The highest BCUT2D eigenvalue weighted by atomic mass is 16.5. The van der Waals surface area contributed by atoms with E-state index in [1.54, 1.807) is 30.3 Å². The number of para-hydroxylation sites is 1. The maximum Gasteiger partial charge on any atom is 0.273 e. The normalized spacial score (nSPS) is 12.1. The molecule has 0 radical (unpaired) electrons. The summed E-state index contributed by atoms with van der Waals surface area (Å²) in [6, 6.07) is 14.1. The van der Waals surface area contributed by atoms with E-state index in [0.717, 1.165) is 5.56 Å². The summed E-state index contributed by atoms with van der Waals surface area (Å²) in [6.07, 6.45) is 0.584. The van der Waals surface area contributed by atoms with Crippen LogP contribution >= 0.6 is 0 Å². The van der Waals surface area contributed by atoms with Crippen molar-refractivity contribution in [1.82, 2.24) is 5.43 Å². The summed E-state index contributed by atoms with van der Waals surface area (Å²) in [5, 5.41) is 13.8.